The lowest BCUT2D eigenvalue weighted by atomic mass is 10.1. The summed E-state index contributed by atoms with van der Waals surface area (Å²) < 4.78 is 27.4. The minimum Gasteiger partial charge on any atom is -0.399 e. The lowest BCUT2D eigenvalue weighted by Crippen LogP contribution is -2.13. The summed E-state index contributed by atoms with van der Waals surface area (Å²) in [6, 6.07) is 9.95. The Balaban J connectivity index is 1.95. The minimum atomic E-state index is -3.66. The fourth-order valence-corrected chi connectivity index (χ4v) is 3.88. The Labute approximate surface area is 129 Å². The summed E-state index contributed by atoms with van der Waals surface area (Å²) in [4.78, 5) is 0.252. The molecule has 3 N–H and O–H groups in total. The maximum absolute atomic E-state index is 12.5. The number of aryl methyl sites for hydroxylation is 2. The van der Waals surface area contributed by atoms with E-state index >= 15 is 0 Å². The van der Waals surface area contributed by atoms with Crippen molar-refractivity contribution in [3.05, 3.63) is 52.5 Å². The van der Waals surface area contributed by atoms with E-state index in [2.05, 4.69) is 4.72 Å². The van der Waals surface area contributed by atoms with Gasteiger partial charge in [0.05, 0.1) is 15.6 Å². The van der Waals surface area contributed by atoms with Crippen molar-refractivity contribution in [2.75, 3.05) is 10.5 Å². The summed E-state index contributed by atoms with van der Waals surface area (Å²) in [6.07, 6.45) is 3.02. The van der Waals surface area contributed by atoms with Gasteiger partial charge in [-0.1, -0.05) is 17.7 Å². The van der Waals surface area contributed by atoms with Gasteiger partial charge < -0.3 is 5.73 Å². The molecule has 0 bridgehead atoms. The molecule has 0 heterocycles. The number of fused-ring (bicyclic) bond motifs is 1. The Morgan fingerprint density at radius 1 is 1.05 bits per heavy atom. The van der Waals surface area contributed by atoms with Crippen LogP contribution in [0.25, 0.3) is 0 Å². The number of hydrogen-bond acceptors (Lipinski definition) is 3. The average Bonchev–Trinajstić information content (AvgIpc) is 2.90. The van der Waals surface area contributed by atoms with Crippen LogP contribution in [-0.2, 0) is 22.9 Å². The predicted octanol–water partition coefficient (Wildman–Crippen LogP) is 3.21. The normalized spacial score (nSPS) is 14.0. The Morgan fingerprint density at radius 2 is 1.81 bits per heavy atom. The quantitative estimate of drug-likeness (QED) is 0.852. The molecular weight excluding hydrogens is 308 g/mol. The maximum atomic E-state index is 12.5. The standard InChI is InChI=1S/C15H15ClN2O2S/c16-14-7-5-12(17)9-15(14)18-21(19,20)13-6-4-10-2-1-3-11(10)8-13/h4-9,18H,1-3,17H2. The Morgan fingerprint density at radius 3 is 2.62 bits per heavy atom. The van der Waals surface area contributed by atoms with Gasteiger partial charge in [0, 0.05) is 5.69 Å². The first-order valence-electron chi connectivity index (χ1n) is 6.65. The maximum Gasteiger partial charge on any atom is 0.261 e. The van der Waals surface area contributed by atoms with E-state index in [4.69, 9.17) is 17.3 Å². The molecule has 0 saturated carbocycles. The molecule has 0 spiro atoms. The van der Waals surface area contributed by atoms with Crippen molar-refractivity contribution in [1.82, 2.24) is 0 Å². The zero-order valence-electron chi connectivity index (χ0n) is 11.3. The number of benzene rings is 2. The molecule has 2 aromatic carbocycles. The van der Waals surface area contributed by atoms with E-state index in [1.807, 2.05) is 6.07 Å². The predicted molar refractivity (Wildman–Crippen MR) is 85.1 cm³/mol. The molecule has 0 radical (unpaired) electrons. The van der Waals surface area contributed by atoms with Gasteiger partial charge in [-0.05, 0) is 60.7 Å². The molecule has 2 aromatic rings. The molecule has 1 aliphatic rings. The molecule has 3 rings (SSSR count). The molecule has 6 heteroatoms. The number of halogens is 1. The van der Waals surface area contributed by atoms with E-state index in [1.165, 1.54) is 11.6 Å². The first kappa shape index (κ1) is 14.2. The number of nitrogens with two attached hydrogens (primary N) is 1. The second-order valence-corrected chi connectivity index (χ2v) is 7.22. The van der Waals surface area contributed by atoms with Crippen LogP contribution in [0.1, 0.15) is 17.5 Å². The van der Waals surface area contributed by atoms with Crippen molar-refractivity contribution >= 4 is 33.0 Å². The molecule has 0 saturated heterocycles. The molecule has 110 valence electrons. The third kappa shape index (κ3) is 2.84. The van der Waals surface area contributed by atoms with Crippen LogP contribution in [0.4, 0.5) is 11.4 Å². The van der Waals surface area contributed by atoms with Gasteiger partial charge in [-0.15, -0.1) is 0 Å². The fourth-order valence-electron chi connectivity index (χ4n) is 2.54. The topological polar surface area (TPSA) is 72.2 Å². The molecular formula is C15H15ClN2O2S. The summed E-state index contributed by atoms with van der Waals surface area (Å²) in [5.41, 5.74) is 8.74. The van der Waals surface area contributed by atoms with E-state index in [0.29, 0.717) is 10.7 Å². The summed E-state index contributed by atoms with van der Waals surface area (Å²) in [5, 5.41) is 0.314. The van der Waals surface area contributed by atoms with E-state index in [0.717, 1.165) is 24.8 Å². The monoisotopic (exact) mass is 322 g/mol. The number of rotatable bonds is 3. The minimum absolute atomic E-state index is 0.252. The van der Waals surface area contributed by atoms with Gasteiger partial charge in [0.1, 0.15) is 0 Å². The van der Waals surface area contributed by atoms with Crippen LogP contribution in [0.3, 0.4) is 0 Å². The van der Waals surface area contributed by atoms with Gasteiger partial charge in [-0.25, -0.2) is 8.42 Å². The summed E-state index contributed by atoms with van der Waals surface area (Å²) in [5.74, 6) is 0. The number of sulfonamides is 1. The van der Waals surface area contributed by atoms with Crippen LogP contribution in [0, 0.1) is 0 Å². The molecule has 1 aliphatic carbocycles. The smallest absolute Gasteiger partial charge is 0.261 e. The van der Waals surface area contributed by atoms with Crippen LogP contribution in [0.15, 0.2) is 41.3 Å². The van der Waals surface area contributed by atoms with Crippen LogP contribution in [0.5, 0.6) is 0 Å². The van der Waals surface area contributed by atoms with Gasteiger partial charge >= 0.3 is 0 Å². The first-order valence-corrected chi connectivity index (χ1v) is 8.51. The van der Waals surface area contributed by atoms with Crippen molar-refractivity contribution in [2.24, 2.45) is 0 Å². The van der Waals surface area contributed by atoms with E-state index < -0.39 is 10.0 Å². The Hall–Kier alpha value is -1.72. The third-order valence-electron chi connectivity index (χ3n) is 3.61. The number of hydrogen-bond donors (Lipinski definition) is 2. The highest BCUT2D eigenvalue weighted by molar-refractivity contribution is 7.92. The fraction of sp³-hybridized carbons (Fsp3) is 0.200. The van der Waals surface area contributed by atoms with Gasteiger partial charge in [0.15, 0.2) is 0 Å². The molecule has 0 amide bonds. The average molecular weight is 323 g/mol. The molecule has 0 unspecified atom stereocenters. The Bertz CT molecular complexity index is 803. The van der Waals surface area contributed by atoms with E-state index in [9.17, 15) is 8.42 Å². The second kappa shape index (κ2) is 5.24. The summed E-state index contributed by atoms with van der Waals surface area (Å²) in [6.45, 7) is 0. The van der Waals surface area contributed by atoms with Crippen molar-refractivity contribution in [3.63, 3.8) is 0 Å². The number of nitrogens with one attached hydrogen (secondary N) is 1. The highest BCUT2D eigenvalue weighted by Gasteiger charge is 2.19. The molecule has 21 heavy (non-hydrogen) atoms. The summed E-state index contributed by atoms with van der Waals surface area (Å²) in [7, 11) is -3.66. The molecule has 0 fully saturated rings. The number of nitrogen functional groups attached to an aromatic ring is 1. The lowest BCUT2D eigenvalue weighted by Gasteiger charge is -2.11. The van der Waals surface area contributed by atoms with Gasteiger partial charge in [0.25, 0.3) is 10.0 Å². The molecule has 0 atom stereocenters. The SMILES string of the molecule is Nc1ccc(Cl)c(NS(=O)(=O)c2ccc3c(c2)CCC3)c1. The largest absolute Gasteiger partial charge is 0.399 e. The van der Waals surface area contributed by atoms with Gasteiger partial charge in [-0.2, -0.15) is 0 Å². The van der Waals surface area contributed by atoms with Gasteiger partial charge in [0.2, 0.25) is 0 Å². The second-order valence-electron chi connectivity index (χ2n) is 5.13. The Kier molecular flexibility index (Phi) is 3.55. The highest BCUT2D eigenvalue weighted by atomic mass is 35.5. The van der Waals surface area contributed by atoms with Crippen LogP contribution in [-0.4, -0.2) is 8.42 Å². The van der Waals surface area contributed by atoms with Crippen molar-refractivity contribution in [3.8, 4) is 0 Å². The molecule has 4 nitrogen and oxygen atoms in total. The zero-order chi connectivity index (χ0) is 15.0. The highest BCUT2D eigenvalue weighted by Crippen LogP contribution is 2.29. The van der Waals surface area contributed by atoms with E-state index in [1.54, 1.807) is 24.3 Å². The van der Waals surface area contributed by atoms with Gasteiger partial charge in [-0.3, -0.25) is 4.72 Å². The van der Waals surface area contributed by atoms with Crippen LogP contribution >= 0.6 is 11.6 Å². The summed E-state index contributed by atoms with van der Waals surface area (Å²) >= 11 is 6.00. The van der Waals surface area contributed by atoms with Crippen LogP contribution < -0.4 is 10.5 Å². The lowest BCUT2D eigenvalue weighted by molar-refractivity contribution is 0.601. The van der Waals surface area contributed by atoms with Crippen molar-refractivity contribution in [2.45, 2.75) is 24.2 Å². The van der Waals surface area contributed by atoms with Crippen LogP contribution in [0.2, 0.25) is 5.02 Å². The van der Waals surface area contributed by atoms with Crippen molar-refractivity contribution < 1.29 is 8.42 Å². The zero-order valence-corrected chi connectivity index (χ0v) is 12.8. The van der Waals surface area contributed by atoms with Crippen molar-refractivity contribution in [1.29, 1.82) is 0 Å². The number of anilines is 2. The molecule has 0 aliphatic heterocycles. The first-order chi connectivity index (χ1) is 9.95. The third-order valence-corrected chi connectivity index (χ3v) is 5.31. The molecule has 0 aromatic heterocycles. The van der Waals surface area contributed by atoms with E-state index in [-0.39, 0.29) is 10.6 Å².